The molecule has 0 aliphatic carbocycles. The molecule has 1 aliphatic rings. The van der Waals surface area contributed by atoms with Crippen LogP contribution >= 0.6 is 0 Å². The van der Waals surface area contributed by atoms with Gasteiger partial charge in [-0.2, -0.15) is 0 Å². The molecule has 1 unspecified atom stereocenters. The summed E-state index contributed by atoms with van der Waals surface area (Å²) in [6, 6.07) is 8.30. The molecule has 1 amide bonds. The molecule has 20 heavy (non-hydrogen) atoms. The van der Waals surface area contributed by atoms with Crippen molar-refractivity contribution < 1.29 is 4.79 Å². The van der Waals surface area contributed by atoms with Gasteiger partial charge in [-0.05, 0) is 30.0 Å². The number of hydrogen-bond donors (Lipinski definition) is 1. The lowest BCUT2D eigenvalue weighted by molar-refractivity contribution is 0.0687. The second-order valence-electron chi connectivity index (χ2n) is 6.63. The van der Waals surface area contributed by atoms with Crippen molar-refractivity contribution in [2.24, 2.45) is 5.41 Å². The smallest absolute Gasteiger partial charge is 0.254 e. The fraction of sp³-hybridized carbons (Fsp3) is 0.588. The molecule has 0 bridgehead atoms. The third-order valence-corrected chi connectivity index (χ3v) is 4.08. The van der Waals surface area contributed by atoms with Crippen molar-refractivity contribution in [3.05, 3.63) is 35.4 Å². The van der Waals surface area contributed by atoms with Gasteiger partial charge in [0.2, 0.25) is 0 Å². The van der Waals surface area contributed by atoms with Gasteiger partial charge in [-0.15, -0.1) is 0 Å². The van der Waals surface area contributed by atoms with Crippen molar-refractivity contribution in [1.29, 1.82) is 0 Å². The number of likely N-dealkylation sites (N-methyl/N-ethyl adjacent to an activating group) is 1. The maximum atomic E-state index is 12.6. The molecule has 1 atom stereocenters. The second kappa shape index (κ2) is 5.96. The molecule has 1 aliphatic heterocycles. The van der Waals surface area contributed by atoms with E-state index in [1.54, 1.807) is 0 Å². The highest BCUT2D eigenvalue weighted by atomic mass is 16.2. The van der Waals surface area contributed by atoms with Gasteiger partial charge in [-0.1, -0.05) is 45.9 Å². The predicted molar refractivity (Wildman–Crippen MR) is 83.0 cm³/mol. The zero-order valence-electron chi connectivity index (χ0n) is 13.1. The Morgan fingerprint density at radius 2 is 2.00 bits per heavy atom. The van der Waals surface area contributed by atoms with Crippen molar-refractivity contribution in [3.8, 4) is 0 Å². The van der Waals surface area contributed by atoms with E-state index in [4.69, 9.17) is 0 Å². The van der Waals surface area contributed by atoms with E-state index in [0.717, 1.165) is 31.6 Å². The summed E-state index contributed by atoms with van der Waals surface area (Å²) >= 11 is 0. The minimum Gasteiger partial charge on any atom is -0.337 e. The summed E-state index contributed by atoms with van der Waals surface area (Å²) in [6.45, 7) is 11.3. The molecule has 1 N–H and O–H groups in total. The Bertz CT molecular complexity index is 476. The fourth-order valence-corrected chi connectivity index (χ4v) is 2.76. The summed E-state index contributed by atoms with van der Waals surface area (Å²) in [5.41, 5.74) is 2.21. The van der Waals surface area contributed by atoms with Crippen molar-refractivity contribution >= 4 is 5.91 Å². The third kappa shape index (κ3) is 3.21. The number of benzene rings is 1. The first kappa shape index (κ1) is 15.0. The number of nitrogens with one attached hydrogen (secondary N) is 1. The van der Waals surface area contributed by atoms with Gasteiger partial charge in [0, 0.05) is 24.7 Å². The lowest BCUT2D eigenvalue weighted by Gasteiger charge is -2.37. The Hall–Kier alpha value is -1.35. The van der Waals surface area contributed by atoms with E-state index >= 15 is 0 Å². The van der Waals surface area contributed by atoms with Crippen LogP contribution < -0.4 is 5.32 Å². The number of hydrogen-bond acceptors (Lipinski definition) is 2. The number of amides is 1. The first-order valence-electron chi connectivity index (χ1n) is 7.54. The maximum absolute atomic E-state index is 12.6. The standard InChI is InChI=1S/C17H26N2O/c1-5-18-15(17(2,3)4)12-19-11-10-13-8-6-7-9-14(13)16(19)20/h6-9,15,18H,5,10-12H2,1-4H3. The van der Waals surface area contributed by atoms with Crippen LogP contribution in [0.15, 0.2) is 24.3 Å². The van der Waals surface area contributed by atoms with Gasteiger partial charge in [-0.25, -0.2) is 0 Å². The van der Waals surface area contributed by atoms with E-state index < -0.39 is 0 Å². The topological polar surface area (TPSA) is 32.3 Å². The fourth-order valence-electron chi connectivity index (χ4n) is 2.76. The van der Waals surface area contributed by atoms with Crippen LogP contribution in [0.5, 0.6) is 0 Å². The average molecular weight is 274 g/mol. The molecule has 1 heterocycles. The highest BCUT2D eigenvalue weighted by Gasteiger charge is 2.30. The third-order valence-electron chi connectivity index (χ3n) is 4.08. The summed E-state index contributed by atoms with van der Waals surface area (Å²) in [7, 11) is 0. The van der Waals surface area contributed by atoms with Gasteiger partial charge in [0.15, 0.2) is 0 Å². The number of carbonyl (C=O) groups excluding carboxylic acids is 1. The van der Waals surface area contributed by atoms with E-state index in [1.165, 1.54) is 5.56 Å². The second-order valence-corrected chi connectivity index (χ2v) is 6.63. The van der Waals surface area contributed by atoms with Crippen LogP contribution in [0, 0.1) is 5.41 Å². The van der Waals surface area contributed by atoms with E-state index in [-0.39, 0.29) is 11.3 Å². The quantitative estimate of drug-likeness (QED) is 0.915. The number of nitrogens with zero attached hydrogens (tertiary/aromatic N) is 1. The minimum absolute atomic E-state index is 0.146. The van der Waals surface area contributed by atoms with E-state index in [1.807, 2.05) is 23.1 Å². The molecule has 0 radical (unpaired) electrons. The lowest BCUT2D eigenvalue weighted by atomic mass is 9.85. The van der Waals surface area contributed by atoms with Gasteiger partial charge in [0.1, 0.15) is 0 Å². The zero-order valence-corrected chi connectivity index (χ0v) is 13.1. The summed E-state index contributed by atoms with van der Waals surface area (Å²) in [4.78, 5) is 14.6. The van der Waals surface area contributed by atoms with Crippen molar-refractivity contribution in [2.45, 2.75) is 40.2 Å². The summed E-state index contributed by atoms with van der Waals surface area (Å²) in [5.74, 6) is 0.180. The van der Waals surface area contributed by atoms with Gasteiger partial charge >= 0.3 is 0 Å². The van der Waals surface area contributed by atoms with Gasteiger partial charge in [0.05, 0.1) is 0 Å². The van der Waals surface area contributed by atoms with E-state index in [9.17, 15) is 4.79 Å². The predicted octanol–water partition coefficient (Wildman–Crippen LogP) is 2.71. The maximum Gasteiger partial charge on any atom is 0.254 e. The molecule has 3 nitrogen and oxygen atoms in total. The Morgan fingerprint density at radius 3 is 2.65 bits per heavy atom. The molecule has 1 aromatic carbocycles. The zero-order chi connectivity index (χ0) is 14.8. The van der Waals surface area contributed by atoms with Crippen LogP contribution in [-0.2, 0) is 6.42 Å². The van der Waals surface area contributed by atoms with E-state index in [0.29, 0.717) is 6.04 Å². The highest BCUT2D eigenvalue weighted by Crippen LogP contribution is 2.23. The number of carbonyl (C=O) groups is 1. The minimum atomic E-state index is 0.146. The molecular formula is C17H26N2O. The van der Waals surface area contributed by atoms with Gasteiger partial charge in [0.25, 0.3) is 5.91 Å². The Kier molecular flexibility index (Phi) is 4.48. The SMILES string of the molecule is CCNC(CN1CCc2ccccc2C1=O)C(C)(C)C. The molecule has 0 spiro atoms. The highest BCUT2D eigenvalue weighted by molar-refractivity contribution is 5.96. The molecule has 0 saturated carbocycles. The Balaban J connectivity index is 2.13. The van der Waals surface area contributed by atoms with Crippen molar-refractivity contribution in [2.75, 3.05) is 19.6 Å². The summed E-state index contributed by atoms with van der Waals surface area (Å²) in [5, 5.41) is 3.52. The molecule has 3 heteroatoms. The van der Waals surface area contributed by atoms with Crippen LogP contribution in [-0.4, -0.2) is 36.5 Å². The number of fused-ring (bicyclic) bond motifs is 1. The van der Waals surface area contributed by atoms with Crippen molar-refractivity contribution in [1.82, 2.24) is 10.2 Å². The molecule has 0 aromatic heterocycles. The largest absolute Gasteiger partial charge is 0.337 e. The summed E-state index contributed by atoms with van der Waals surface area (Å²) < 4.78 is 0. The molecule has 0 fully saturated rings. The van der Waals surface area contributed by atoms with Gasteiger partial charge in [-0.3, -0.25) is 4.79 Å². The Morgan fingerprint density at radius 1 is 1.30 bits per heavy atom. The van der Waals surface area contributed by atoms with Gasteiger partial charge < -0.3 is 10.2 Å². The summed E-state index contributed by atoms with van der Waals surface area (Å²) in [6.07, 6.45) is 0.963. The lowest BCUT2D eigenvalue weighted by Crippen LogP contribution is -2.51. The molecular weight excluding hydrogens is 248 g/mol. The normalized spacial score (nSPS) is 17.0. The number of rotatable bonds is 4. The van der Waals surface area contributed by atoms with Crippen LogP contribution in [0.3, 0.4) is 0 Å². The molecule has 1 aromatic rings. The first-order chi connectivity index (χ1) is 9.43. The molecule has 2 rings (SSSR count). The van der Waals surface area contributed by atoms with Crippen LogP contribution in [0.4, 0.5) is 0 Å². The van der Waals surface area contributed by atoms with Crippen LogP contribution in [0.25, 0.3) is 0 Å². The van der Waals surface area contributed by atoms with Crippen LogP contribution in [0.1, 0.15) is 43.6 Å². The monoisotopic (exact) mass is 274 g/mol. The van der Waals surface area contributed by atoms with Crippen LogP contribution in [0.2, 0.25) is 0 Å². The molecule has 0 saturated heterocycles. The average Bonchev–Trinajstić information content (AvgIpc) is 2.40. The molecule has 110 valence electrons. The van der Waals surface area contributed by atoms with Crippen molar-refractivity contribution in [3.63, 3.8) is 0 Å². The van der Waals surface area contributed by atoms with E-state index in [2.05, 4.69) is 39.1 Å². The Labute approximate surface area is 122 Å². The first-order valence-corrected chi connectivity index (χ1v) is 7.54.